The van der Waals surface area contributed by atoms with Gasteiger partial charge in [0.1, 0.15) is 0 Å². The fourth-order valence-electron chi connectivity index (χ4n) is 1.92. The van der Waals surface area contributed by atoms with Crippen LogP contribution in [0.3, 0.4) is 0 Å². The Morgan fingerprint density at radius 2 is 1.55 bits per heavy atom. The molecule has 0 bridgehead atoms. The third kappa shape index (κ3) is 2.09. The van der Waals surface area contributed by atoms with Crippen LogP contribution in [0.4, 0.5) is 0 Å². The van der Waals surface area contributed by atoms with Crippen molar-refractivity contribution in [1.29, 1.82) is 0 Å². The molecule has 1 fully saturated rings. The predicted molar refractivity (Wildman–Crippen MR) is 43.2 cm³/mol. The second kappa shape index (κ2) is 4.31. The molecular formula is C10H13Zr-. The van der Waals surface area contributed by atoms with Crippen LogP contribution in [0.15, 0.2) is 24.3 Å². The van der Waals surface area contributed by atoms with Crippen molar-refractivity contribution in [3.8, 4) is 0 Å². The standard InChI is InChI=1S/C10H13.Zr/c1-2-6-9(5-1)10-7-3-4-8-10;/h1-2,5-6,10H,3-4,7-8H2;/q-1;. The first-order valence-electron chi connectivity index (χ1n) is 4.18. The van der Waals surface area contributed by atoms with E-state index in [2.05, 4.69) is 24.3 Å². The van der Waals surface area contributed by atoms with Gasteiger partial charge in [-0.2, -0.15) is 17.7 Å². The maximum atomic E-state index is 2.26. The summed E-state index contributed by atoms with van der Waals surface area (Å²) in [5.41, 5.74) is 1.57. The van der Waals surface area contributed by atoms with Crippen molar-refractivity contribution in [2.45, 2.75) is 31.6 Å². The van der Waals surface area contributed by atoms with E-state index in [1.807, 2.05) is 0 Å². The molecule has 0 atom stereocenters. The summed E-state index contributed by atoms with van der Waals surface area (Å²) in [6, 6.07) is 8.81. The first kappa shape index (κ1) is 9.32. The molecule has 0 aromatic heterocycles. The minimum atomic E-state index is 0. The normalized spacial score (nSPS) is 18.2. The molecule has 0 aliphatic heterocycles. The summed E-state index contributed by atoms with van der Waals surface area (Å²) in [6.45, 7) is 0. The Hall–Kier alpha value is 0.233. The second-order valence-electron chi connectivity index (χ2n) is 3.20. The van der Waals surface area contributed by atoms with Crippen molar-refractivity contribution in [2.24, 2.45) is 0 Å². The molecule has 58 valence electrons. The van der Waals surface area contributed by atoms with E-state index in [-0.39, 0.29) is 26.2 Å². The van der Waals surface area contributed by atoms with Crippen molar-refractivity contribution >= 4 is 0 Å². The summed E-state index contributed by atoms with van der Waals surface area (Å²) in [4.78, 5) is 0. The Labute approximate surface area is 87.5 Å². The molecule has 0 nitrogen and oxygen atoms in total. The number of rotatable bonds is 1. The monoisotopic (exact) mass is 223 g/mol. The van der Waals surface area contributed by atoms with Crippen molar-refractivity contribution in [2.75, 3.05) is 0 Å². The molecule has 0 unspecified atom stereocenters. The predicted octanol–water partition coefficient (Wildman–Crippen LogP) is 3.06. The summed E-state index contributed by atoms with van der Waals surface area (Å²) in [5.74, 6) is 0.898. The topological polar surface area (TPSA) is 0 Å². The number of hydrogen-bond donors (Lipinski definition) is 0. The molecule has 1 aromatic rings. The van der Waals surface area contributed by atoms with E-state index in [1.165, 1.54) is 25.7 Å². The van der Waals surface area contributed by atoms with Crippen LogP contribution in [0.2, 0.25) is 0 Å². The zero-order valence-corrected chi connectivity index (χ0v) is 9.17. The molecule has 1 aliphatic rings. The largest absolute Gasteiger partial charge is 0.213 e. The third-order valence-electron chi connectivity index (χ3n) is 2.52. The average molecular weight is 224 g/mol. The van der Waals surface area contributed by atoms with Crippen LogP contribution in [0.25, 0.3) is 0 Å². The van der Waals surface area contributed by atoms with Gasteiger partial charge in [0.2, 0.25) is 0 Å². The molecule has 0 amide bonds. The van der Waals surface area contributed by atoms with E-state index in [9.17, 15) is 0 Å². The SMILES string of the molecule is [Zr].c1cc[c-](C2CCCC2)c1. The minimum absolute atomic E-state index is 0. The zero-order valence-electron chi connectivity index (χ0n) is 6.72. The van der Waals surface area contributed by atoms with Crippen molar-refractivity contribution < 1.29 is 26.2 Å². The Bertz CT molecular complexity index is 183. The first-order chi connectivity index (χ1) is 4.97. The quantitative estimate of drug-likeness (QED) is 0.643. The summed E-state index contributed by atoms with van der Waals surface area (Å²) in [7, 11) is 0. The van der Waals surface area contributed by atoms with E-state index in [4.69, 9.17) is 0 Å². The van der Waals surface area contributed by atoms with E-state index < -0.39 is 0 Å². The molecule has 0 radical (unpaired) electrons. The van der Waals surface area contributed by atoms with Gasteiger partial charge in [-0.05, 0) is 0 Å². The van der Waals surface area contributed by atoms with Crippen molar-refractivity contribution in [3.05, 3.63) is 29.8 Å². The summed E-state index contributed by atoms with van der Waals surface area (Å²) in [6.07, 6.45) is 5.72. The smallest absolute Gasteiger partial charge is 0 e. The van der Waals surface area contributed by atoms with Gasteiger partial charge >= 0.3 is 0 Å². The maximum absolute atomic E-state index is 2.26. The van der Waals surface area contributed by atoms with Crippen LogP contribution >= 0.6 is 0 Å². The molecule has 1 saturated carbocycles. The Morgan fingerprint density at radius 1 is 1.00 bits per heavy atom. The van der Waals surface area contributed by atoms with Gasteiger partial charge in [-0.15, -0.1) is 0 Å². The van der Waals surface area contributed by atoms with E-state index in [0.717, 1.165) is 5.92 Å². The molecule has 0 spiro atoms. The van der Waals surface area contributed by atoms with Crippen LogP contribution in [0.5, 0.6) is 0 Å². The van der Waals surface area contributed by atoms with Gasteiger partial charge in [-0.25, -0.2) is 12.1 Å². The van der Waals surface area contributed by atoms with Crippen molar-refractivity contribution in [1.82, 2.24) is 0 Å². The van der Waals surface area contributed by atoms with Crippen LogP contribution in [0.1, 0.15) is 37.2 Å². The molecule has 0 heterocycles. The molecule has 1 aliphatic carbocycles. The summed E-state index contributed by atoms with van der Waals surface area (Å²) < 4.78 is 0. The molecule has 2 rings (SSSR count). The van der Waals surface area contributed by atoms with Gasteiger partial charge in [0.15, 0.2) is 0 Å². The summed E-state index contributed by atoms with van der Waals surface area (Å²) >= 11 is 0. The second-order valence-corrected chi connectivity index (χ2v) is 3.20. The Balaban J connectivity index is 0.000000605. The number of hydrogen-bond acceptors (Lipinski definition) is 0. The maximum Gasteiger partial charge on any atom is 0 e. The van der Waals surface area contributed by atoms with Crippen LogP contribution < -0.4 is 0 Å². The van der Waals surface area contributed by atoms with Gasteiger partial charge in [-0.1, -0.05) is 31.6 Å². The van der Waals surface area contributed by atoms with E-state index >= 15 is 0 Å². The molecule has 0 N–H and O–H groups in total. The fraction of sp³-hybridized carbons (Fsp3) is 0.500. The van der Waals surface area contributed by atoms with E-state index in [0.29, 0.717) is 0 Å². The molecule has 0 saturated heterocycles. The van der Waals surface area contributed by atoms with Crippen LogP contribution in [0, 0.1) is 0 Å². The third-order valence-corrected chi connectivity index (χ3v) is 2.52. The van der Waals surface area contributed by atoms with Gasteiger partial charge < -0.3 is 0 Å². The van der Waals surface area contributed by atoms with Gasteiger partial charge in [-0.3, -0.25) is 0 Å². The van der Waals surface area contributed by atoms with Crippen LogP contribution in [-0.2, 0) is 26.2 Å². The first-order valence-corrected chi connectivity index (χ1v) is 4.18. The molecule has 1 heteroatoms. The molecule has 1 aromatic carbocycles. The molecular weight excluding hydrogens is 211 g/mol. The summed E-state index contributed by atoms with van der Waals surface area (Å²) in [5, 5.41) is 0. The zero-order chi connectivity index (χ0) is 6.81. The van der Waals surface area contributed by atoms with Crippen LogP contribution in [-0.4, -0.2) is 0 Å². The van der Waals surface area contributed by atoms with Gasteiger partial charge in [0, 0.05) is 26.2 Å². The minimum Gasteiger partial charge on any atom is -0.213 e. The van der Waals surface area contributed by atoms with Gasteiger partial charge in [0.25, 0.3) is 0 Å². The average Bonchev–Trinajstić information content (AvgIpc) is 2.59. The van der Waals surface area contributed by atoms with Gasteiger partial charge in [0.05, 0.1) is 0 Å². The Kier molecular flexibility index (Phi) is 3.65. The van der Waals surface area contributed by atoms with Crippen molar-refractivity contribution in [3.63, 3.8) is 0 Å². The fourth-order valence-corrected chi connectivity index (χ4v) is 1.92. The Morgan fingerprint density at radius 3 is 2.09 bits per heavy atom. The van der Waals surface area contributed by atoms with E-state index in [1.54, 1.807) is 5.56 Å². The molecule has 11 heavy (non-hydrogen) atoms.